The molecule has 0 aliphatic heterocycles. The summed E-state index contributed by atoms with van der Waals surface area (Å²) in [4.78, 5) is 0. The Bertz CT molecular complexity index is 451. The molecule has 0 fully saturated rings. The molecule has 1 aromatic rings. The van der Waals surface area contributed by atoms with Gasteiger partial charge in [0.25, 0.3) is 0 Å². The SMILES string of the molecule is CCCCCCCCCCCNC(=S)Nc1ccccc1OCC. The van der Waals surface area contributed by atoms with Crippen molar-refractivity contribution in [1.29, 1.82) is 0 Å². The molecule has 0 amide bonds. The molecule has 0 unspecified atom stereocenters. The van der Waals surface area contributed by atoms with Crippen LogP contribution in [0.15, 0.2) is 24.3 Å². The summed E-state index contributed by atoms with van der Waals surface area (Å²) in [6, 6.07) is 7.88. The first-order valence-electron chi connectivity index (χ1n) is 9.54. The van der Waals surface area contributed by atoms with Crippen LogP contribution in [0, 0.1) is 0 Å². The third kappa shape index (κ3) is 9.76. The third-order valence-corrected chi connectivity index (χ3v) is 4.25. The summed E-state index contributed by atoms with van der Waals surface area (Å²) in [6.45, 7) is 5.83. The number of rotatable bonds is 13. The molecule has 0 aliphatic rings. The van der Waals surface area contributed by atoms with Crippen molar-refractivity contribution in [2.24, 2.45) is 0 Å². The van der Waals surface area contributed by atoms with Gasteiger partial charge in [0.1, 0.15) is 5.75 Å². The summed E-state index contributed by atoms with van der Waals surface area (Å²) in [5.74, 6) is 0.840. The van der Waals surface area contributed by atoms with Gasteiger partial charge in [-0.3, -0.25) is 0 Å². The fourth-order valence-electron chi connectivity index (χ4n) is 2.66. The van der Waals surface area contributed by atoms with Crippen LogP contribution in [0.1, 0.15) is 71.6 Å². The lowest BCUT2D eigenvalue weighted by molar-refractivity contribution is 0.342. The number of thiocarbonyl (C=S) groups is 1. The molecule has 0 aliphatic carbocycles. The van der Waals surface area contributed by atoms with Gasteiger partial charge >= 0.3 is 0 Å². The minimum Gasteiger partial charge on any atom is -0.492 e. The Morgan fingerprint density at radius 3 is 2.21 bits per heavy atom. The van der Waals surface area contributed by atoms with Crippen molar-refractivity contribution in [1.82, 2.24) is 5.32 Å². The first kappa shape index (κ1) is 20.8. The summed E-state index contributed by atoms with van der Waals surface area (Å²) in [5.41, 5.74) is 0.920. The van der Waals surface area contributed by atoms with Gasteiger partial charge in [0.2, 0.25) is 0 Å². The van der Waals surface area contributed by atoms with E-state index in [1.54, 1.807) is 0 Å². The maximum Gasteiger partial charge on any atom is 0.170 e. The standard InChI is InChI=1S/C20H34N2OS/c1-3-5-6-7-8-9-10-11-14-17-21-20(24)22-18-15-12-13-16-19(18)23-4-2/h12-13,15-16H,3-11,14,17H2,1-2H3,(H2,21,22,24). The van der Waals surface area contributed by atoms with E-state index in [4.69, 9.17) is 17.0 Å². The van der Waals surface area contributed by atoms with Crippen LogP contribution in [0.3, 0.4) is 0 Å². The Balaban J connectivity index is 2.06. The van der Waals surface area contributed by atoms with Crippen LogP contribution in [0.4, 0.5) is 5.69 Å². The van der Waals surface area contributed by atoms with E-state index >= 15 is 0 Å². The molecule has 0 heterocycles. The molecule has 0 bridgehead atoms. The van der Waals surface area contributed by atoms with Crippen LogP contribution < -0.4 is 15.4 Å². The lowest BCUT2D eigenvalue weighted by Crippen LogP contribution is -2.29. The van der Waals surface area contributed by atoms with Crippen molar-refractivity contribution in [3.63, 3.8) is 0 Å². The molecular formula is C20H34N2OS. The number of nitrogens with one attached hydrogen (secondary N) is 2. The van der Waals surface area contributed by atoms with Gasteiger partial charge in [0, 0.05) is 6.54 Å². The van der Waals surface area contributed by atoms with E-state index in [0.29, 0.717) is 11.7 Å². The van der Waals surface area contributed by atoms with Gasteiger partial charge in [0.05, 0.1) is 12.3 Å². The average Bonchev–Trinajstić information content (AvgIpc) is 2.58. The number of hydrogen-bond donors (Lipinski definition) is 2. The van der Waals surface area contributed by atoms with Crippen molar-refractivity contribution in [3.05, 3.63) is 24.3 Å². The van der Waals surface area contributed by atoms with Crippen molar-refractivity contribution in [2.45, 2.75) is 71.6 Å². The zero-order chi connectivity index (χ0) is 17.5. The first-order chi connectivity index (χ1) is 11.8. The molecule has 1 aromatic carbocycles. The predicted molar refractivity (Wildman–Crippen MR) is 109 cm³/mol. The first-order valence-corrected chi connectivity index (χ1v) is 9.95. The normalized spacial score (nSPS) is 10.4. The van der Waals surface area contributed by atoms with Gasteiger partial charge in [-0.05, 0) is 37.7 Å². The van der Waals surface area contributed by atoms with Gasteiger partial charge in [-0.25, -0.2) is 0 Å². The van der Waals surface area contributed by atoms with Crippen LogP contribution in [0.2, 0.25) is 0 Å². The summed E-state index contributed by atoms with van der Waals surface area (Å²) in [5, 5.41) is 7.17. The molecule has 24 heavy (non-hydrogen) atoms. The molecule has 0 radical (unpaired) electrons. The van der Waals surface area contributed by atoms with Crippen molar-refractivity contribution in [2.75, 3.05) is 18.5 Å². The molecule has 136 valence electrons. The maximum absolute atomic E-state index is 5.59. The van der Waals surface area contributed by atoms with E-state index in [0.717, 1.165) is 18.0 Å². The lowest BCUT2D eigenvalue weighted by atomic mass is 10.1. The van der Waals surface area contributed by atoms with Crippen LogP contribution in [0.25, 0.3) is 0 Å². The van der Waals surface area contributed by atoms with E-state index < -0.39 is 0 Å². The number of anilines is 1. The number of para-hydroxylation sites is 2. The Labute approximate surface area is 153 Å². The number of benzene rings is 1. The Morgan fingerprint density at radius 1 is 0.917 bits per heavy atom. The fraction of sp³-hybridized carbons (Fsp3) is 0.650. The van der Waals surface area contributed by atoms with Crippen LogP contribution in [-0.4, -0.2) is 18.3 Å². The molecular weight excluding hydrogens is 316 g/mol. The molecule has 0 spiro atoms. The van der Waals surface area contributed by atoms with Crippen molar-refractivity contribution in [3.8, 4) is 5.75 Å². The van der Waals surface area contributed by atoms with Gasteiger partial charge in [0.15, 0.2) is 5.11 Å². The molecule has 0 saturated carbocycles. The van der Waals surface area contributed by atoms with Gasteiger partial charge in [-0.15, -0.1) is 0 Å². The highest BCUT2D eigenvalue weighted by atomic mass is 32.1. The monoisotopic (exact) mass is 350 g/mol. The second-order valence-corrected chi connectivity index (χ2v) is 6.55. The molecule has 4 heteroatoms. The minimum absolute atomic E-state index is 0.650. The van der Waals surface area contributed by atoms with Crippen LogP contribution in [0.5, 0.6) is 5.75 Å². The van der Waals surface area contributed by atoms with E-state index in [-0.39, 0.29) is 0 Å². The number of unbranched alkanes of at least 4 members (excludes halogenated alkanes) is 8. The topological polar surface area (TPSA) is 33.3 Å². The fourth-order valence-corrected chi connectivity index (χ4v) is 2.87. The molecule has 1 rings (SSSR count). The Morgan fingerprint density at radius 2 is 1.54 bits per heavy atom. The molecule has 0 aromatic heterocycles. The highest BCUT2D eigenvalue weighted by Gasteiger charge is 2.03. The van der Waals surface area contributed by atoms with E-state index in [1.165, 1.54) is 57.8 Å². The lowest BCUT2D eigenvalue weighted by Gasteiger charge is -2.14. The summed E-state index contributed by atoms with van der Waals surface area (Å²) >= 11 is 5.36. The molecule has 3 nitrogen and oxygen atoms in total. The summed E-state index contributed by atoms with van der Waals surface area (Å²) in [6.07, 6.45) is 12.1. The van der Waals surface area contributed by atoms with Crippen molar-refractivity contribution >= 4 is 23.0 Å². The predicted octanol–water partition coefficient (Wildman–Crippen LogP) is 5.90. The summed E-state index contributed by atoms with van der Waals surface area (Å²) in [7, 11) is 0. The number of ether oxygens (including phenoxy) is 1. The van der Waals surface area contributed by atoms with E-state index in [9.17, 15) is 0 Å². The smallest absolute Gasteiger partial charge is 0.170 e. The van der Waals surface area contributed by atoms with Gasteiger partial charge < -0.3 is 15.4 Å². The van der Waals surface area contributed by atoms with Crippen molar-refractivity contribution < 1.29 is 4.74 Å². The largest absolute Gasteiger partial charge is 0.492 e. The van der Waals surface area contributed by atoms with Gasteiger partial charge in [-0.1, -0.05) is 70.4 Å². The quantitative estimate of drug-likeness (QED) is 0.343. The molecule has 2 N–H and O–H groups in total. The molecule has 0 saturated heterocycles. The minimum atomic E-state index is 0.650. The Kier molecular flexibility index (Phi) is 12.2. The van der Waals surface area contributed by atoms with E-state index in [2.05, 4.69) is 17.6 Å². The van der Waals surface area contributed by atoms with Gasteiger partial charge in [-0.2, -0.15) is 0 Å². The maximum atomic E-state index is 5.59. The second-order valence-electron chi connectivity index (χ2n) is 6.14. The summed E-state index contributed by atoms with van der Waals surface area (Å²) < 4.78 is 5.59. The second kappa shape index (κ2) is 14.1. The highest BCUT2D eigenvalue weighted by Crippen LogP contribution is 2.23. The van der Waals surface area contributed by atoms with Crippen LogP contribution in [-0.2, 0) is 0 Å². The average molecular weight is 351 g/mol. The highest BCUT2D eigenvalue weighted by molar-refractivity contribution is 7.80. The Hall–Kier alpha value is -1.29. The number of hydrogen-bond acceptors (Lipinski definition) is 2. The third-order valence-electron chi connectivity index (χ3n) is 4.00. The molecule has 0 atom stereocenters. The zero-order valence-corrected chi connectivity index (χ0v) is 16.2. The zero-order valence-electron chi connectivity index (χ0n) is 15.4. The van der Waals surface area contributed by atoms with Crippen LogP contribution >= 0.6 is 12.2 Å². The van der Waals surface area contributed by atoms with E-state index in [1.807, 2.05) is 31.2 Å².